The highest BCUT2D eigenvalue weighted by Gasteiger charge is 2.33. The topological polar surface area (TPSA) is 66.6 Å². The fourth-order valence-corrected chi connectivity index (χ4v) is 3.88. The second-order valence-corrected chi connectivity index (χ2v) is 6.58. The zero-order valence-electron chi connectivity index (χ0n) is 10.6. The Labute approximate surface area is 107 Å². The van der Waals surface area contributed by atoms with Crippen LogP contribution in [0.3, 0.4) is 0 Å². The number of halogens is 2. The van der Waals surface area contributed by atoms with Crippen molar-refractivity contribution in [1.29, 1.82) is 0 Å². The van der Waals surface area contributed by atoms with Gasteiger partial charge in [0.2, 0.25) is 0 Å². The molecule has 0 amide bonds. The van der Waals surface area contributed by atoms with E-state index >= 15 is 0 Å². The number of piperidine rings is 1. The van der Waals surface area contributed by atoms with Crippen molar-refractivity contribution < 1.29 is 17.2 Å². The smallest absolute Gasteiger partial charge is 0.282 e. The summed E-state index contributed by atoms with van der Waals surface area (Å²) in [6.45, 7) is 1.93. The fraction of sp³-hybridized carbons (Fsp3) is 1.00. The van der Waals surface area contributed by atoms with Crippen LogP contribution in [0, 0.1) is 5.92 Å². The summed E-state index contributed by atoms with van der Waals surface area (Å²) in [6.07, 6.45) is -0.947. The van der Waals surface area contributed by atoms with Crippen LogP contribution in [0.4, 0.5) is 8.78 Å². The van der Waals surface area contributed by atoms with Crippen LogP contribution in [0.1, 0.15) is 19.8 Å². The highest BCUT2D eigenvalue weighted by Crippen LogP contribution is 2.20. The zero-order valence-corrected chi connectivity index (χ0v) is 11.4. The van der Waals surface area contributed by atoms with Crippen molar-refractivity contribution in [1.82, 2.24) is 8.61 Å². The Morgan fingerprint density at radius 2 is 2.17 bits per heavy atom. The SMILES string of the molecule is CC1CCCN(S(=O)(=O)N(CCN)CC(F)F)C1. The first-order valence-electron chi connectivity index (χ1n) is 6.11. The van der Waals surface area contributed by atoms with Crippen LogP contribution in [0.15, 0.2) is 0 Å². The van der Waals surface area contributed by atoms with Gasteiger partial charge in [0.25, 0.3) is 16.6 Å². The maximum absolute atomic E-state index is 12.4. The lowest BCUT2D eigenvalue weighted by molar-refractivity contribution is 0.116. The molecule has 1 unspecified atom stereocenters. The van der Waals surface area contributed by atoms with Gasteiger partial charge in [0.05, 0.1) is 6.54 Å². The van der Waals surface area contributed by atoms with Crippen molar-refractivity contribution in [2.45, 2.75) is 26.2 Å². The van der Waals surface area contributed by atoms with Crippen molar-refractivity contribution in [2.24, 2.45) is 11.7 Å². The normalized spacial score (nSPS) is 22.9. The summed E-state index contributed by atoms with van der Waals surface area (Å²) in [4.78, 5) is 0. The average molecular weight is 285 g/mol. The lowest BCUT2D eigenvalue weighted by Gasteiger charge is -2.34. The molecular formula is C10H21F2N3O2S. The minimum absolute atomic E-state index is 0.0370. The number of hydrogen-bond donors (Lipinski definition) is 1. The number of alkyl halides is 2. The van der Waals surface area contributed by atoms with E-state index in [0.717, 1.165) is 17.1 Å². The van der Waals surface area contributed by atoms with Gasteiger partial charge in [-0.15, -0.1) is 0 Å². The second-order valence-electron chi connectivity index (χ2n) is 4.65. The van der Waals surface area contributed by atoms with Gasteiger partial charge in [-0.1, -0.05) is 6.92 Å². The van der Waals surface area contributed by atoms with Gasteiger partial charge in [0.1, 0.15) is 0 Å². The molecule has 0 aromatic rings. The Hall–Kier alpha value is -0.310. The van der Waals surface area contributed by atoms with Crippen molar-refractivity contribution in [3.05, 3.63) is 0 Å². The molecule has 1 saturated heterocycles. The molecule has 0 aromatic carbocycles. The van der Waals surface area contributed by atoms with Gasteiger partial charge >= 0.3 is 0 Å². The van der Waals surface area contributed by atoms with Crippen molar-refractivity contribution in [3.8, 4) is 0 Å². The highest BCUT2D eigenvalue weighted by molar-refractivity contribution is 7.86. The molecule has 18 heavy (non-hydrogen) atoms. The molecule has 108 valence electrons. The largest absolute Gasteiger partial charge is 0.329 e. The van der Waals surface area contributed by atoms with E-state index in [1.54, 1.807) is 0 Å². The average Bonchev–Trinajstić information content (AvgIpc) is 2.28. The quantitative estimate of drug-likeness (QED) is 0.772. The Morgan fingerprint density at radius 1 is 1.50 bits per heavy atom. The zero-order chi connectivity index (χ0) is 13.8. The Bertz CT molecular complexity index is 351. The van der Waals surface area contributed by atoms with Crippen LogP contribution in [0.2, 0.25) is 0 Å². The molecule has 0 radical (unpaired) electrons. The van der Waals surface area contributed by atoms with E-state index in [0.29, 0.717) is 13.1 Å². The van der Waals surface area contributed by atoms with Gasteiger partial charge in [0, 0.05) is 26.2 Å². The predicted molar refractivity (Wildman–Crippen MR) is 65.5 cm³/mol. The van der Waals surface area contributed by atoms with Gasteiger partial charge in [-0.05, 0) is 18.8 Å². The minimum Gasteiger partial charge on any atom is -0.329 e. The van der Waals surface area contributed by atoms with E-state index in [4.69, 9.17) is 5.73 Å². The Kier molecular flexibility index (Phi) is 5.90. The molecule has 1 aliphatic heterocycles. The van der Waals surface area contributed by atoms with Crippen molar-refractivity contribution in [2.75, 3.05) is 32.7 Å². The molecule has 1 atom stereocenters. The lowest BCUT2D eigenvalue weighted by atomic mass is 10.0. The summed E-state index contributed by atoms with van der Waals surface area (Å²) < 4.78 is 51.4. The summed E-state index contributed by atoms with van der Waals surface area (Å²) >= 11 is 0. The van der Waals surface area contributed by atoms with E-state index in [1.807, 2.05) is 6.92 Å². The van der Waals surface area contributed by atoms with Gasteiger partial charge in [0.15, 0.2) is 0 Å². The number of nitrogens with two attached hydrogens (primary N) is 1. The first kappa shape index (κ1) is 15.7. The van der Waals surface area contributed by atoms with E-state index in [-0.39, 0.29) is 19.0 Å². The molecule has 0 spiro atoms. The third-order valence-corrected chi connectivity index (χ3v) is 4.96. The second kappa shape index (κ2) is 6.74. The molecule has 5 nitrogen and oxygen atoms in total. The summed E-state index contributed by atoms with van der Waals surface area (Å²) in [5.74, 6) is 0.264. The van der Waals surface area contributed by atoms with Crippen LogP contribution in [-0.4, -0.2) is 56.2 Å². The van der Waals surface area contributed by atoms with Crippen molar-refractivity contribution in [3.63, 3.8) is 0 Å². The molecule has 0 saturated carbocycles. The Balaban J connectivity index is 2.79. The van der Waals surface area contributed by atoms with Crippen LogP contribution in [0.25, 0.3) is 0 Å². The van der Waals surface area contributed by atoms with Crippen LogP contribution in [-0.2, 0) is 10.2 Å². The molecule has 1 heterocycles. The van der Waals surface area contributed by atoms with Gasteiger partial charge in [-0.25, -0.2) is 8.78 Å². The van der Waals surface area contributed by atoms with Crippen LogP contribution in [0.5, 0.6) is 0 Å². The minimum atomic E-state index is -3.81. The van der Waals surface area contributed by atoms with E-state index < -0.39 is 23.2 Å². The molecule has 0 bridgehead atoms. The van der Waals surface area contributed by atoms with E-state index in [1.165, 1.54) is 4.31 Å². The molecule has 1 rings (SSSR count). The van der Waals surface area contributed by atoms with Crippen LogP contribution < -0.4 is 5.73 Å². The van der Waals surface area contributed by atoms with Crippen molar-refractivity contribution >= 4 is 10.2 Å². The highest BCUT2D eigenvalue weighted by atomic mass is 32.2. The third kappa shape index (κ3) is 4.11. The summed E-state index contributed by atoms with van der Waals surface area (Å²) in [6, 6.07) is 0. The molecule has 8 heteroatoms. The summed E-state index contributed by atoms with van der Waals surface area (Å²) in [5.41, 5.74) is 5.29. The number of hydrogen-bond acceptors (Lipinski definition) is 3. The molecule has 0 aliphatic carbocycles. The molecular weight excluding hydrogens is 264 g/mol. The van der Waals surface area contributed by atoms with E-state index in [2.05, 4.69) is 0 Å². The Morgan fingerprint density at radius 3 is 2.67 bits per heavy atom. The third-order valence-electron chi connectivity index (χ3n) is 2.99. The van der Waals surface area contributed by atoms with Crippen LogP contribution >= 0.6 is 0 Å². The molecule has 1 aliphatic rings. The molecule has 0 aromatic heterocycles. The molecule has 2 N–H and O–H groups in total. The first-order chi connectivity index (χ1) is 8.37. The fourth-order valence-electron chi connectivity index (χ4n) is 2.12. The monoisotopic (exact) mass is 285 g/mol. The van der Waals surface area contributed by atoms with Gasteiger partial charge in [-0.3, -0.25) is 0 Å². The number of nitrogens with zero attached hydrogens (tertiary/aromatic N) is 2. The summed E-state index contributed by atoms with van der Waals surface area (Å²) in [7, 11) is -3.81. The van der Waals surface area contributed by atoms with Gasteiger partial charge < -0.3 is 5.73 Å². The first-order valence-corrected chi connectivity index (χ1v) is 7.51. The standard InChI is InChI=1S/C10H21F2N3O2S/c1-9-3-2-5-14(7-9)18(16,17)15(6-4-13)8-10(11)12/h9-10H,2-8,13H2,1H3. The summed E-state index contributed by atoms with van der Waals surface area (Å²) in [5, 5.41) is 0. The maximum Gasteiger partial charge on any atom is 0.282 e. The lowest BCUT2D eigenvalue weighted by Crippen LogP contribution is -2.50. The van der Waals surface area contributed by atoms with E-state index in [9.17, 15) is 17.2 Å². The van der Waals surface area contributed by atoms with Gasteiger partial charge in [-0.2, -0.15) is 17.0 Å². The maximum atomic E-state index is 12.4. The predicted octanol–water partition coefficient (Wildman–Crippen LogP) is 0.489. The number of rotatable bonds is 6. The molecule has 1 fully saturated rings.